The molecular weight excluding hydrogens is 333 g/mol. The van der Waals surface area contributed by atoms with Crippen LogP contribution in [0.3, 0.4) is 0 Å². The maximum atomic E-state index is 12.2. The molecule has 0 radical (unpaired) electrons. The summed E-state index contributed by atoms with van der Waals surface area (Å²) in [7, 11) is 0. The number of hydrogen-bond acceptors (Lipinski definition) is 2. The maximum Gasteiger partial charge on any atom is 0.255 e. The number of rotatable bonds is 4. The SMILES string of the molecule is O=C(Nc1ccc(Cn2cccn2)cc1)c1ccc(Cl)c(Cl)c1. The maximum absolute atomic E-state index is 12.2. The summed E-state index contributed by atoms with van der Waals surface area (Å²) in [6.45, 7) is 0.689. The molecule has 0 fully saturated rings. The van der Waals surface area contributed by atoms with E-state index in [4.69, 9.17) is 23.2 Å². The molecule has 23 heavy (non-hydrogen) atoms. The van der Waals surface area contributed by atoms with Gasteiger partial charge in [0.05, 0.1) is 16.6 Å². The Morgan fingerprint density at radius 3 is 2.52 bits per heavy atom. The Bertz CT molecular complexity index is 814. The lowest BCUT2D eigenvalue weighted by Crippen LogP contribution is -2.11. The van der Waals surface area contributed by atoms with E-state index in [1.165, 1.54) is 0 Å². The van der Waals surface area contributed by atoms with Gasteiger partial charge in [-0.1, -0.05) is 35.3 Å². The molecule has 0 saturated heterocycles. The van der Waals surface area contributed by atoms with Gasteiger partial charge in [0.25, 0.3) is 5.91 Å². The van der Waals surface area contributed by atoms with Gasteiger partial charge in [-0.25, -0.2) is 0 Å². The summed E-state index contributed by atoms with van der Waals surface area (Å²) in [6, 6.07) is 14.3. The molecule has 1 N–H and O–H groups in total. The number of nitrogens with zero attached hydrogens (tertiary/aromatic N) is 2. The molecule has 1 aromatic heterocycles. The third kappa shape index (κ3) is 3.92. The van der Waals surface area contributed by atoms with E-state index < -0.39 is 0 Å². The van der Waals surface area contributed by atoms with Gasteiger partial charge in [-0.3, -0.25) is 9.48 Å². The molecule has 0 aliphatic carbocycles. The molecule has 0 saturated carbocycles. The predicted molar refractivity (Wildman–Crippen MR) is 92.2 cm³/mol. The second-order valence-corrected chi connectivity index (χ2v) is 5.80. The van der Waals surface area contributed by atoms with Crippen LogP contribution in [0.15, 0.2) is 60.9 Å². The van der Waals surface area contributed by atoms with Gasteiger partial charge >= 0.3 is 0 Å². The van der Waals surface area contributed by atoms with Gasteiger partial charge in [-0.2, -0.15) is 5.10 Å². The minimum absolute atomic E-state index is 0.233. The number of aromatic nitrogens is 2. The largest absolute Gasteiger partial charge is 0.322 e. The van der Waals surface area contributed by atoms with Crippen LogP contribution in [-0.4, -0.2) is 15.7 Å². The van der Waals surface area contributed by atoms with Crippen LogP contribution in [0.4, 0.5) is 5.69 Å². The van der Waals surface area contributed by atoms with Gasteiger partial charge < -0.3 is 5.32 Å². The summed E-state index contributed by atoms with van der Waals surface area (Å²) in [5.74, 6) is -0.233. The number of carbonyl (C=O) groups is 1. The van der Waals surface area contributed by atoms with Crippen LogP contribution < -0.4 is 5.32 Å². The van der Waals surface area contributed by atoms with Crippen molar-refractivity contribution in [1.82, 2.24) is 9.78 Å². The first kappa shape index (κ1) is 15.6. The molecule has 3 rings (SSSR count). The summed E-state index contributed by atoms with van der Waals surface area (Å²) in [5.41, 5.74) is 2.27. The lowest BCUT2D eigenvalue weighted by molar-refractivity contribution is 0.102. The number of anilines is 1. The fraction of sp³-hybridized carbons (Fsp3) is 0.0588. The standard InChI is InChI=1S/C17H13Cl2N3O/c18-15-7-4-13(10-16(15)19)17(23)21-14-5-2-12(3-6-14)11-22-9-1-8-20-22/h1-10H,11H2,(H,21,23). The average molecular weight is 346 g/mol. The van der Waals surface area contributed by atoms with Crippen molar-refractivity contribution in [2.45, 2.75) is 6.54 Å². The van der Waals surface area contributed by atoms with Crippen LogP contribution in [0.5, 0.6) is 0 Å². The number of carbonyl (C=O) groups excluding carboxylic acids is 1. The average Bonchev–Trinajstić information content (AvgIpc) is 3.05. The quantitative estimate of drug-likeness (QED) is 0.757. The Kier molecular flexibility index (Phi) is 4.65. The van der Waals surface area contributed by atoms with Gasteiger partial charge in [0.1, 0.15) is 0 Å². The van der Waals surface area contributed by atoms with E-state index in [1.807, 2.05) is 41.2 Å². The summed E-state index contributed by atoms with van der Waals surface area (Å²) in [6.07, 6.45) is 3.64. The molecule has 3 aromatic rings. The summed E-state index contributed by atoms with van der Waals surface area (Å²) in [5, 5.41) is 7.77. The van der Waals surface area contributed by atoms with Crippen molar-refractivity contribution in [2.24, 2.45) is 0 Å². The van der Waals surface area contributed by atoms with Crippen LogP contribution >= 0.6 is 23.2 Å². The number of nitrogens with one attached hydrogen (secondary N) is 1. The zero-order chi connectivity index (χ0) is 16.2. The Labute approximate surface area is 143 Å². The minimum Gasteiger partial charge on any atom is -0.322 e. The number of amides is 1. The van der Waals surface area contributed by atoms with Crippen molar-refractivity contribution >= 4 is 34.8 Å². The zero-order valence-corrected chi connectivity index (χ0v) is 13.6. The molecule has 0 spiro atoms. The van der Waals surface area contributed by atoms with E-state index in [0.29, 0.717) is 27.8 Å². The first-order valence-corrected chi connectivity index (χ1v) is 7.70. The smallest absolute Gasteiger partial charge is 0.255 e. The molecule has 1 heterocycles. The van der Waals surface area contributed by atoms with E-state index in [1.54, 1.807) is 24.4 Å². The highest BCUT2D eigenvalue weighted by Crippen LogP contribution is 2.23. The normalized spacial score (nSPS) is 10.5. The third-order valence-electron chi connectivity index (χ3n) is 3.30. The highest BCUT2D eigenvalue weighted by atomic mass is 35.5. The third-order valence-corrected chi connectivity index (χ3v) is 4.04. The second-order valence-electron chi connectivity index (χ2n) is 4.98. The van der Waals surface area contributed by atoms with Crippen LogP contribution in [0, 0.1) is 0 Å². The Morgan fingerprint density at radius 2 is 1.87 bits per heavy atom. The fourth-order valence-electron chi connectivity index (χ4n) is 2.12. The van der Waals surface area contributed by atoms with Crippen LogP contribution in [-0.2, 0) is 6.54 Å². The lowest BCUT2D eigenvalue weighted by atomic mass is 10.2. The topological polar surface area (TPSA) is 46.9 Å². The molecule has 4 nitrogen and oxygen atoms in total. The van der Waals surface area contributed by atoms with Crippen molar-refractivity contribution in [3.63, 3.8) is 0 Å². The van der Waals surface area contributed by atoms with E-state index in [9.17, 15) is 4.79 Å². The van der Waals surface area contributed by atoms with Crippen molar-refractivity contribution in [3.05, 3.63) is 82.1 Å². The molecule has 0 aliphatic rings. The molecule has 2 aromatic carbocycles. The van der Waals surface area contributed by atoms with Crippen LogP contribution in [0.2, 0.25) is 10.0 Å². The fourth-order valence-corrected chi connectivity index (χ4v) is 2.41. The Morgan fingerprint density at radius 1 is 1.09 bits per heavy atom. The first-order valence-electron chi connectivity index (χ1n) is 6.94. The highest BCUT2D eigenvalue weighted by Gasteiger charge is 2.08. The molecule has 116 valence electrons. The van der Waals surface area contributed by atoms with Crippen LogP contribution in [0.25, 0.3) is 0 Å². The molecule has 6 heteroatoms. The van der Waals surface area contributed by atoms with E-state index in [-0.39, 0.29) is 5.91 Å². The van der Waals surface area contributed by atoms with Gasteiger partial charge in [0.2, 0.25) is 0 Å². The molecule has 0 aliphatic heterocycles. The zero-order valence-electron chi connectivity index (χ0n) is 12.0. The van der Waals surface area contributed by atoms with Gasteiger partial charge in [0.15, 0.2) is 0 Å². The Balaban J connectivity index is 1.67. The summed E-state index contributed by atoms with van der Waals surface area (Å²) >= 11 is 11.8. The van der Waals surface area contributed by atoms with E-state index in [0.717, 1.165) is 5.56 Å². The second kappa shape index (κ2) is 6.86. The molecule has 0 bridgehead atoms. The first-order chi connectivity index (χ1) is 11.1. The highest BCUT2D eigenvalue weighted by molar-refractivity contribution is 6.42. The van der Waals surface area contributed by atoms with Crippen LogP contribution in [0.1, 0.15) is 15.9 Å². The van der Waals surface area contributed by atoms with Crippen molar-refractivity contribution in [1.29, 1.82) is 0 Å². The number of benzene rings is 2. The van der Waals surface area contributed by atoms with Crippen molar-refractivity contribution in [2.75, 3.05) is 5.32 Å². The molecular formula is C17H13Cl2N3O. The molecule has 1 amide bonds. The van der Waals surface area contributed by atoms with Gasteiger partial charge in [0, 0.05) is 23.6 Å². The Hall–Kier alpha value is -2.30. The van der Waals surface area contributed by atoms with Gasteiger partial charge in [-0.05, 0) is 42.0 Å². The van der Waals surface area contributed by atoms with Crippen molar-refractivity contribution in [3.8, 4) is 0 Å². The summed E-state index contributed by atoms with van der Waals surface area (Å²) < 4.78 is 1.84. The minimum atomic E-state index is -0.233. The number of hydrogen-bond donors (Lipinski definition) is 1. The van der Waals surface area contributed by atoms with Crippen molar-refractivity contribution < 1.29 is 4.79 Å². The number of halogens is 2. The summed E-state index contributed by atoms with van der Waals surface area (Å²) in [4.78, 5) is 12.2. The predicted octanol–water partition coefficient (Wildman–Crippen LogP) is 4.49. The lowest BCUT2D eigenvalue weighted by Gasteiger charge is -2.08. The molecule has 0 atom stereocenters. The molecule has 0 unspecified atom stereocenters. The monoisotopic (exact) mass is 345 g/mol. The van der Waals surface area contributed by atoms with E-state index in [2.05, 4.69) is 10.4 Å². The van der Waals surface area contributed by atoms with E-state index >= 15 is 0 Å². The van der Waals surface area contributed by atoms with Gasteiger partial charge in [-0.15, -0.1) is 0 Å².